The van der Waals surface area contributed by atoms with Crippen molar-refractivity contribution in [3.63, 3.8) is 0 Å². The van der Waals surface area contributed by atoms with Crippen LogP contribution in [0, 0.1) is 6.92 Å². The van der Waals surface area contributed by atoms with Gasteiger partial charge in [0.1, 0.15) is 0 Å². The highest BCUT2D eigenvalue weighted by atomic mass is 35.5. The minimum Gasteiger partial charge on any atom is -0.352 e. The minimum atomic E-state index is -0.0343. The Morgan fingerprint density at radius 1 is 1.56 bits per heavy atom. The number of hydrogen-bond donors (Lipinski definition) is 2. The van der Waals surface area contributed by atoms with Crippen LogP contribution in [0.4, 0.5) is 0 Å². The van der Waals surface area contributed by atoms with Gasteiger partial charge in [-0.15, -0.1) is 0 Å². The van der Waals surface area contributed by atoms with Crippen LogP contribution in [0.2, 0.25) is 5.02 Å². The number of hydrogen-bond acceptors (Lipinski definition) is 2. The van der Waals surface area contributed by atoms with E-state index in [1.165, 1.54) is 12.8 Å². The number of carbonyl (C=O) groups excluding carboxylic acids is 1. The zero-order chi connectivity index (χ0) is 13.0. The maximum atomic E-state index is 12.0. The van der Waals surface area contributed by atoms with Crippen molar-refractivity contribution in [1.82, 2.24) is 10.6 Å². The van der Waals surface area contributed by atoms with Crippen LogP contribution in [0.1, 0.15) is 35.2 Å². The van der Waals surface area contributed by atoms with Crippen molar-refractivity contribution in [2.75, 3.05) is 13.1 Å². The van der Waals surface area contributed by atoms with Crippen molar-refractivity contribution in [3.05, 3.63) is 34.3 Å². The SMILES string of the molecule is Cc1ccc(Cl)cc1C(=O)NCC[C@@H]1CCCN1. The molecule has 2 N–H and O–H groups in total. The Morgan fingerprint density at radius 2 is 2.39 bits per heavy atom. The van der Waals surface area contributed by atoms with E-state index in [4.69, 9.17) is 11.6 Å². The Bertz CT molecular complexity index is 428. The number of nitrogens with one attached hydrogen (secondary N) is 2. The van der Waals surface area contributed by atoms with Crippen LogP contribution in [0.3, 0.4) is 0 Å². The number of amides is 1. The summed E-state index contributed by atoms with van der Waals surface area (Å²) in [5.74, 6) is -0.0343. The molecule has 1 saturated heterocycles. The second kappa shape index (κ2) is 6.21. The highest BCUT2D eigenvalue weighted by Gasteiger charge is 2.14. The zero-order valence-corrected chi connectivity index (χ0v) is 11.4. The predicted molar refractivity (Wildman–Crippen MR) is 74.2 cm³/mol. The fourth-order valence-electron chi connectivity index (χ4n) is 2.30. The normalized spacial score (nSPS) is 18.9. The molecule has 0 unspecified atom stereocenters. The van der Waals surface area contributed by atoms with Crippen LogP contribution in [0.25, 0.3) is 0 Å². The molecule has 1 atom stereocenters. The molecular weight excluding hydrogens is 248 g/mol. The molecule has 98 valence electrons. The molecule has 1 aromatic rings. The molecule has 0 spiro atoms. The van der Waals surface area contributed by atoms with Crippen LogP contribution >= 0.6 is 11.6 Å². The first-order valence-corrected chi connectivity index (χ1v) is 6.82. The lowest BCUT2D eigenvalue weighted by molar-refractivity contribution is 0.0951. The Balaban J connectivity index is 1.85. The molecule has 3 nitrogen and oxygen atoms in total. The highest BCUT2D eigenvalue weighted by molar-refractivity contribution is 6.31. The van der Waals surface area contributed by atoms with E-state index in [0.29, 0.717) is 23.2 Å². The predicted octanol–water partition coefficient (Wildman–Crippen LogP) is 2.52. The summed E-state index contributed by atoms with van der Waals surface area (Å²) in [6, 6.07) is 5.96. The van der Waals surface area contributed by atoms with Crippen LogP contribution < -0.4 is 10.6 Å². The first-order chi connectivity index (χ1) is 8.66. The quantitative estimate of drug-likeness (QED) is 0.879. The summed E-state index contributed by atoms with van der Waals surface area (Å²) in [5.41, 5.74) is 1.62. The average Bonchev–Trinajstić information content (AvgIpc) is 2.85. The molecule has 2 rings (SSSR count). The summed E-state index contributed by atoms with van der Waals surface area (Å²) < 4.78 is 0. The van der Waals surface area contributed by atoms with Crippen molar-refractivity contribution < 1.29 is 4.79 Å². The summed E-state index contributed by atoms with van der Waals surface area (Å²) in [4.78, 5) is 12.0. The Morgan fingerprint density at radius 3 is 3.11 bits per heavy atom. The molecular formula is C14H19ClN2O. The van der Waals surface area contributed by atoms with E-state index in [2.05, 4.69) is 10.6 Å². The van der Waals surface area contributed by atoms with Gasteiger partial charge in [0.15, 0.2) is 0 Å². The molecule has 0 radical (unpaired) electrons. The van der Waals surface area contributed by atoms with Gasteiger partial charge < -0.3 is 10.6 Å². The van der Waals surface area contributed by atoms with Crippen LogP contribution in [0.15, 0.2) is 18.2 Å². The van der Waals surface area contributed by atoms with Crippen LogP contribution in [0.5, 0.6) is 0 Å². The molecule has 0 saturated carbocycles. The maximum Gasteiger partial charge on any atom is 0.251 e. The van der Waals surface area contributed by atoms with Gasteiger partial charge in [-0.25, -0.2) is 0 Å². The van der Waals surface area contributed by atoms with Crippen LogP contribution in [-0.4, -0.2) is 25.0 Å². The van der Waals surface area contributed by atoms with Gasteiger partial charge in [0.05, 0.1) is 0 Å². The van der Waals surface area contributed by atoms with E-state index in [-0.39, 0.29) is 5.91 Å². The highest BCUT2D eigenvalue weighted by Crippen LogP contribution is 2.15. The number of carbonyl (C=O) groups is 1. The van der Waals surface area contributed by atoms with Crippen molar-refractivity contribution in [2.45, 2.75) is 32.2 Å². The van der Waals surface area contributed by atoms with Gasteiger partial charge in [-0.05, 0) is 50.4 Å². The minimum absolute atomic E-state index is 0.0343. The van der Waals surface area contributed by atoms with E-state index >= 15 is 0 Å². The lowest BCUT2D eigenvalue weighted by Crippen LogP contribution is -2.30. The first-order valence-electron chi connectivity index (χ1n) is 6.44. The van der Waals surface area contributed by atoms with E-state index in [1.54, 1.807) is 12.1 Å². The van der Waals surface area contributed by atoms with Gasteiger partial charge in [-0.3, -0.25) is 4.79 Å². The monoisotopic (exact) mass is 266 g/mol. The molecule has 0 bridgehead atoms. The summed E-state index contributed by atoms with van der Waals surface area (Å²) in [6.45, 7) is 3.73. The number of benzene rings is 1. The van der Waals surface area contributed by atoms with E-state index < -0.39 is 0 Å². The summed E-state index contributed by atoms with van der Waals surface area (Å²) in [6.07, 6.45) is 3.45. The number of aryl methyl sites for hydroxylation is 1. The lowest BCUT2D eigenvalue weighted by Gasteiger charge is -2.11. The second-order valence-electron chi connectivity index (χ2n) is 4.80. The molecule has 0 aromatic heterocycles. The molecule has 4 heteroatoms. The Hall–Kier alpha value is -1.06. The molecule has 1 aliphatic rings. The van der Waals surface area contributed by atoms with Gasteiger partial charge in [-0.2, -0.15) is 0 Å². The molecule has 0 aliphatic carbocycles. The fraction of sp³-hybridized carbons (Fsp3) is 0.500. The van der Waals surface area contributed by atoms with Gasteiger partial charge >= 0.3 is 0 Å². The van der Waals surface area contributed by atoms with Gasteiger partial charge in [0.25, 0.3) is 5.91 Å². The molecule has 18 heavy (non-hydrogen) atoms. The van der Waals surface area contributed by atoms with E-state index in [1.807, 2.05) is 13.0 Å². The van der Waals surface area contributed by atoms with Gasteiger partial charge in [0, 0.05) is 23.2 Å². The topological polar surface area (TPSA) is 41.1 Å². The Kier molecular flexibility index (Phi) is 4.61. The Labute approximate surface area is 113 Å². The number of rotatable bonds is 4. The van der Waals surface area contributed by atoms with E-state index in [0.717, 1.165) is 18.5 Å². The van der Waals surface area contributed by atoms with Gasteiger partial charge in [0.2, 0.25) is 0 Å². The van der Waals surface area contributed by atoms with Crippen LogP contribution in [-0.2, 0) is 0 Å². The largest absolute Gasteiger partial charge is 0.352 e. The third-order valence-corrected chi connectivity index (χ3v) is 3.62. The second-order valence-corrected chi connectivity index (χ2v) is 5.23. The third kappa shape index (κ3) is 3.47. The first kappa shape index (κ1) is 13.4. The zero-order valence-electron chi connectivity index (χ0n) is 10.6. The van der Waals surface area contributed by atoms with Crippen molar-refractivity contribution in [1.29, 1.82) is 0 Å². The van der Waals surface area contributed by atoms with E-state index in [9.17, 15) is 4.79 Å². The summed E-state index contributed by atoms with van der Waals surface area (Å²) in [7, 11) is 0. The summed E-state index contributed by atoms with van der Waals surface area (Å²) >= 11 is 5.91. The smallest absolute Gasteiger partial charge is 0.251 e. The number of halogens is 1. The molecule has 1 heterocycles. The van der Waals surface area contributed by atoms with Crippen molar-refractivity contribution in [2.24, 2.45) is 0 Å². The summed E-state index contributed by atoms with van der Waals surface area (Å²) in [5, 5.41) is 6.97. The molecule has 1 amide bonds. The maximum absolute atomic E-state index is 12.0. The lowest BCUT2D eigenvalue weighted by atomic mass is 10.1. The molecule has 1 aromatic carbocycles. The fourth-order valence-corrected chi connectivity index (χ4v) is 2.47. The third-order valence-electron chi connectivity index (χ3n) is 3.38. The standard InChI is InChI=1S/C14H19ClN2O/c1-10-4-5-11(15)9-13(10)14(18)17-8-6-12-3-2-7-16-12/h4-5,9,12,16H,2-3,6-8H2,1H3,(H,17,18)/t12-/m0/s1. The average molecular weight is 267 g/mol. The molecule has 1 fully saturated rings. The van der Waals surface area contributed by atoms with Crippen molar-refractivity contribution >= 4 is 17.5 Å². The van der Waals surface area contributed by atoms with Gasteiger partial charge in [-0.1, -0.05) is 17.7 Å². The van der Waals surface area contributed by atoms with Crippen molar-refractivity contribution in [3.8, 4) is 0 Å². The molecule has 1 aliphatic heterocycles.